The molecular weight excluding hydrogens is 248 g/mol. The van der Waals surface area contributed by atoms with Gasteiger partial charge in [-0.3, -0.25) is 4.98 Å². The normalized spacial score (nSPS) is 10.6. The van der Waals surface area contributed by atoms with Crippen LogP contribution in [-0.4, -0.2) is 14.5 Å². The smallest absolute Gasteiger partial charge is 0.109 e. The summed E-state index contributed by atoms with van der Waals surface area (Å²) >= 11 is 0. The van der Waals surface area contributed by atoms with Gasteiger partial charge in [0.05, 0.1) is 11.1 Å². The van der Waals surface area contributed by atoms with Crippen molar-refractivity contribution in [2.75, 3.05) is 0 Å². The number of rotatable bonds is 3. The molecule has 2 aromatic heterocycles. The van der Waals surface area contributed by atoms with Gasteiger partial charge < -0.3 is 4.57 Å². The Hall–Kier alpha value is -2.67. The number of hydrogen-bond acceptors (Lipinski definition) is 3. The maximum Gasteiger partial charge on any atom is 0.109 e. The van der Waals surface area contributed by atoms with Crippen molar-refractivity contribution in [2.24, 2.45) is 7.05 Å². The molecule has 0 saturated heterocycles. The molecule has 0 aliphatic rings. The molecule has 3 aromatic rings. The Morgan fingerprint density at radius 3 is 2.85 bits per heavy atom. The lowest BCUT2D eigenvalue weighted by molar-refractivity contribution is 0.785. The fourth-order valence-corrected chi connectivity index (χ4v) is 2.38. The van der Waals surface area contributed by atoms with E-state index in [1.54, 1.807) is 12.3 Å². The van der Waals surface area contributed by atoms with E-state index in [9.17, 15) is 0 Å². The van der Waals surface area contributed by atoms with Crippen molar-refractivity contribution < 1.29 is 0 Å². The van der Waals surface area contributed by atoms with Gasteiger partial charge in [-0.05, 0) is 30.2 Å². The molecule has 0 aliphatic heterocycles. The van der Waals surface area contributed by atoms with Gasteiger partial charge in [0.2, 0.25) is 0 Å². The quantitative estimate of drug-likeness (QED) is 0.729. The third kappa shape index (κ3) is 2.14. The fourth-order valence-electron chi connectivity index (χ4n) is 2.38. The van der Waals surface area contributed by atoms with E-state index in [1.807, 2.05) is 31.4 Å². The molecule has 1 aromatic carbocycles. The molecule has 98 valence electrons. The molecule has 0 unspecified atom stereocenters. The molecule has 4 heteroatoms. The first-order chi connectivity index (χ1) is 9.79. The highest BCUT2D eigenvalue weighted by Gasteiger charge is 2.10. The van der Waals surface area contributed by atoms with Crippen molar-refractivity contribution in [1.82, 2.24) is 14.5 Å². The lowest BCUT2D eigenvalue weighted by atomic mass is 10.1. The molecule has 0 radical (unpaired) electrons. The minimum atomic E-state index is 0.630. The predicted molar refractivity (Wildman–Crippen MR) is 77.1 cm³/mol. The van der Waals surface area contributed by atoms with Crippen LogP contribution in [0.3, 0.4) is 0 Å². The molecule has 20 heavy (non-hydrogen) atoms. The Morgan fingerprint density at radius 1 is 1.20 bits per heavy atom. The van der Waals surface area contributed by atoms with E-state index in [4.69, 9.17) is 5.26 Å². The number of para-hydroxylation sites is 1. The summed E-state index contributed by atoms with van der Waals surface area (Å²) < 4.78 is 2.06. The Balaban J connectivity index is 1.93. The highest BCUT2D eigenvalue weighted by molar-refractivity contribution is 5.82. The zero-order chi connectivity index (χ0) is 13.9. The third-order valence-corrected chi connectivity index (χ3v) is 3.48. The van der Waals surface area contributed by atoms with Crippen LogP contribution in [0.2, 0.25) is 0 Å². The highest BCUT2D eigenvalue weighted by Crippen LogP contribution is 2.19. The Bertz CT molecular complexity index is 781. The zero-order valence-corrected chi connectivity index (χ0v) is 11.2. The third-order valence-electron chi connectivity index (χ3n) is 3.48. The molecule has 0 aliphatic carbocycles. The van der Waals surface area contributed by atoms with Gasteiger partial charge in [-0.1, -0.05) is 12.1 Å². The van der Waals surface area contributed by atoms with Crippen molar-refractivity contribution in [1.29, 1.82) is 5.26 Å². The average molecular weight is 262 g/mol. The van der Waals surface area contributed by atoms with Crippen LogP contribution < -0.4 is 0 Å². The minimum absolute atomic E-state index is 0.630. The molecule has 0 bridgehead atoms. The topological polar surface area (TPSA) is 54.5 Å². The summed E-state index contributed by atoms with van der Waals surface area (Å²) in [6.07, 6.45) is 5.38. The van der Waals surface area contributed by atoms with Gasteiger partial charge in [0, 0.05) is 25.9 Å². The van der Waals surface area contributed by atoms with Crippen LogP contribution >= 0.6 is 0 Å². The number of imidazole rings is 1. The van der Waals surface area contributed by atoms with E-state index in [0.717, 1.165) is 29.7 Å². The number of benzene rings is 1. The lowest BCUT2D eigenvalue weighted by Gasteiger charge is -2.02. The van der Waals surface area contributed by atoms with Crippen LogP contribution in [-0.2, 0) is 19.9 Å². The minimum Gasteiger partial charge on any atom is -0.331 e. The molecule has 0 saturated carbocycles. The molecule has 0 amide bonds. The fraction of sp³-hybridized carbons (Fsp3) is 0.188. The second-order valence-corrected chi connectivity index (χ2v) is 4.73. The average Bonchev–Trinajstić information content (AvgIpc) is 2.83. The first-order valence-corrected chi connectivity index (χ1v) is 6.53. The maximum atomic E-state index is 9.14. The van der Waals surface area contributed by atoms with Gasteiger partial charge in [0.25, 0.3) is 0 Å². The monoisotopic (exact) mass is 262 g/mol. The molecular formula is C16H14N4. The second kappa shape index (κ2) is 5.14. The van der Waals surface area contributed by atoms with E-state index in [1.165, 1.54) is 5.56 Å². The summed E-state index contributed by atoms with van der Waals surface area (Å²) in [7, 11) is 2.00. The lowest BCUT2D eigenvalue weighted by Crippen LogP contribution is -2.00. The van der Waals surface area contributed by atoms with E-state index in [-0.39, 0.29) is 0 Å². The first-order valence-electron chi connectivity index (χ1n) is 6.53. The summed E-state index contributed by atoms with van der Waals surface area (Å²) in [5.41, 5.74) is 3.62. The van der Waals surface area contributed by atoms with Crippen molar-refractivity contribution >= 4 is 11.0 Å². The van der Waals surface area contributed by atoms with Crippen LogP contribution in [0, 0.1) is 11.3 Å². The summed E-state index contributed by atoms with van der Waals surface area (Å²) in [5, 5.41) is 9.14. The van der Waals surface area contributed by atoms with Crippen LogP contribution in [0.15, 0.2) is 42.7 Å². The number of aryl methyl sites for hydroxylation is 3. The molecule has 0 spiro atoms. The standard InChI is InChI=1S/C16H14N4/c1-20-14-6-2-5-13(10-17)16(14)19-15(20)8-7-12-4-3-9-18-11-12/h2-6,9,11H,7-8H2,1H3. The molecule has 2 heterocycles. The largest absolute Gasteiger partial charge is 0.331 e. The molecule has 4 nitrogen and oxygen atoms in total. The molecule has 0 fully saturated rings. The summed E-state index contributed by atoms with van der Waals surface area (Å²) in [4.78, 5) is 8.74. The van der Waals surface area contributed by atoms with Gasteiger partial charge >= 0.3 is 0 Å². The number of pyridine rings is 1. The van der Waals surface area contributed by atoms with Crippen LogP contribution in [0.5, 0.6) is 0 Å². The number of fused-ring (bicyclic) bond motifs is 1. The van der Waals surface area contributed by atoms with Gasteiger partial charge in [0.15, 0.2) is 0 Å². The summed E-state index contributed by atoms with van der Waals surface area (Å²) in [6, 6.07) is 11.9. The van der Waals surface area contributed by atoms with E-state index in [2.05, 4.69) is 26.7 Å². The highest BCUT2D eigenvalue weighted by atomic mass is 15.1. The zero-order valence-electron chi connectivity index (χ0n) is 11.2. The first kappa shape index (κ1) is 12.4. The number of nitrogens with zero attached hydrogens (tertiary/aromatic N) is 4. The number of hydrogen-bond donors (Lipinski definition) is 0. The second-order valence-electron chi connectivity index (χ2n) is 4.73. The van der Waals surface area contributed by atoms with Gasteiger partial charge in [-0.15, -0.1) is 0 Å². The summed E-state index contributed by atoms with van der Waals surface area (Å²) in [5.74, 6) is 0.992. The molecule has 3 rings (SSSR count). The Labute approximate surface area is 117 Å². The Kier molecular flexibility index (Phi) is 3.18. The van der Waals surface area contributed by atoms with Crippen molar-refractivity contribution in [2.45, 2.75) is 12.8 Å². The Morgan fingerprint density at radius 2 is 2.10 bits per heavy atom. The summed E-state index contributed by atoms with van der Waals surface area (Å²) in [6.45, 7) is 0. The van der Waals surface area contributed by atoms with Gasteiger partial charge in [0.1, 0.15) is 17.4 Å². The van der Waals surface area contributed by atoms with Crippen LogP contribution in [0.25, 0.3) is 11.0 Å². The van der Waals surface area contributed by atoms with Crippen LogP contribution in [0.1, 0.15) is 17.0 Å². The van der Waals surface area contributed by atoms with E-state index < -0.39 is 0 Å². The number of nitriles is 1. The van der Waals surface area contributed by atoms with Crippen molar-refractivity contribution in [3.05, 3.63) is 59.7 Å². The van der Waals surface area contributed by atoms with Gasteiger partial charge in [-0.2, -0.15) is 5.26 Å². The van der Waals surface area contributed by atoms with Crippen molar-refractivity contribution in [3.63, 3.8) is 0 Å². The SMILES string of the molecule is Cn1c(CCc2cccnc2)nc2c(C#N)cccc21. The molecule has 0 atom stereocenters. The number of aromatic nitrogens is 3. The predicted octanol–water partition coefficient (Wildman–Crippen LogP) is 2.63. The van der Waals surface area contributed by atoms with Crippen LogP contribution in [0.4, 0.5) is 0 Å². The van der Waals surface area contributed by atoms with E-state index in [0.29, 0.717) is 5.56 Å². The van der Waals surface area contributed by atoms with Gasteiger partial charge in [-0.25, -0.2) is 4.98 Å². The maximum absolute atomic E-state index is 9.14. The molecule has 0 N–H and O–H groups in total. The van der Waals surface area contributed by atoms with Crippen molar-refractivity contribution in [3.8, 4) is 6.07 Å². The van der Waals surface area contributed by atoms with E-state index >= 15 is 0 Å².